The van der Waals surface area contributed by atoms with Gasteiger partial charge in [-0.1, -0.05) is 35.9 Å². The second-order valence-electron chi connectivity index (χ2n) is 5.56. The number of carbonyl (C=O) groups excluding carboxylic acids is 1. The normalized spacial score (nSPS) is 16.2. The number of rotatable bonds is 4. The quantitative estimate of drug-likeness (QED) is 0.931. The van der Waals surface area contributed by atoms with Gasteiger partial charge in [0.25, 0.3) is 5.91 Å². The molecule has 1 amide bonds. The molecule has 1 atom stereocenters. The molecule has 0 bridgehead atoms. The van der Waals surface area contributed by atoms with Crippen molar-refractivity contribution in [3.63, 3.8) is 0 Å². The summed E-state index contributed by atoms with van der Waals surface area (Å²) in [7, 11) is 0. The lowest BCUT2D eigenvalue weighted by Crippen LogP contribution is -2.31. The topological polar surface area (TPSA) is 38.3 Å². The number of benzene rings is 2. The van der Waals surface area contributed by atoms with Crippen molar-refractivity contribution in [3.05, 3.63) is 64.2 Å². The molecule has 0 aliphatic heterocycles. The molecule has 3 nitrogen and oxygen atoms in total. The summed E-state index contributed by atoms with van der Waals surface area (Å²) in [4.78, 5) is 12.1. The van der Waals surface area contributed by atoms with E-state index < -0.39 is 0 Å². The third kappa shape index (κ3) is 3.25. The second-order valence-corrected chi connectivity index (χ2v) is 5.96. The maximum absolute atomic E-state index is 12.1. The standard InChI is InChI=1S/C18H18ClNO2/c1-12-10-14(7-8-16(12)19)22-11-18(21)20-17-9-6-13-4-2-3-5-15(13)17/h2-5,7-8,10,17H,6,9,11H2,1H3,(H,20,21)/t17-/m0/s1. The highest BCUT2D eigenvalue weighted by Gasteiger charge is 2.23. The van der Waals surface area contributed by atoms with Crippen molar-refractivity contribution >= 4 is 17.5 Å². The number of fused-ring (bicyclic) bond motifs is 1. The summed E-state index contributed by atoms with van der Waals surface area (Å²) in [6.07, 6.45) is 1.96. The fourth-order valence-corrected chi connectivity index (χ4v) is 2.92. The highest BCUT2D eigenvalue weighted by molar-refractivity contribution is 6.31. The fourth-order valence-electron chi connectivity index (χ4n) is 2.80. The first-order valence-electron chi connectivity index (χ1n) is 7.39. The van der Waals surface area contributed by atoms with E-state index in [1.54, 1.807) is 12.1 Å². The number of hydrogen-bond donors (Lipinski definition) is 1. The summed E-state index contributed by atoms with van der Waals surface area (Å²) in [5, 5.41) is 3.74. The molecular weight excluding hydrogens is 298 g/mol. The molecule has 2 aromatic carbocycles. The number of hydrogen-bond acceptors (Lipinski definition) is 2. The van der Waals surface area contributed by atoms with Gasteiger partial charge in [-0.25, -0.2) is 0 Å². The van der Waals surface area contributed by atoms with Crippen LogP contribution in [0.15, 0.2) is 42.5 Å². The second kappa shape index (κ2) is 6.41. The maximum atomic E-state index is 12.1. The van der Waals surface area contributed by atoms with Gasteiger partial charge in [0, 0.05) is 5.02 Å². The van der Waals surface area contributed by atoms with Crippen LogP contribution in [0.4, 0.5) is 0 Å². The molecule has 0 saturated carbocycles. The van der Waals surface area contributed by atoms with Gasteiger partial charge < -0.3 is 10.1 Å². The Balaban J connectivity index is 1.56. The zero-order valence-corrected chi connectivity index (χ0v) is 13.2. The monoisotopic (exact) mass is 315 g/mol. The van der Waals surface area contributed by atoms with E-state index in [0.29, 0.717) is 10.8 Å². The lowest BCUT2D eigenvalue weighted by Gasteiger charge is -2.14. The molecule has 1 aliphatic carbocycles. The first-order chi connectivity index (χ1) is 10.6. The Morgan fingerprint density at radius 2 is 2.14 bits per heavy atom. The van der Waals surface area contributed by atoms with Crippen molar-refractivity contribution in [3.8, 4) is 5.75 Å². The predicted molar refractivity (Wildman–Crippen MR) is 87.3 cm³/mol. The lowest BCUT2D eigenvalue weighted by atomic mass is 10.1. The summed E-state index contributed by atoms with van der Waals surface area (Å²) < 4.78 is 5.53. The molecule has 0 spiro atoms. The fraction of sp³-hybridized carbons (Fsp3) is 0.278. The number of amides is 1. The Labute approximate surface area is 135 Å². The van der Waals surface area contributed by atoms with Crippen molar-refractivity contribution < 1.29 is 9.53 Å². The van der Waals surface area contributed by atoms with E-state index in [-0.39, 0.29) is 18.6 Å². The minimum absolute atomic E-state index is 0.0136. The first-order valence-corrected chi connectivity index (χ1v) is 7.77. The van der Waals surface area contributed by atoms with Gasteiger partial charge >= 0.3 is 0 Å². The van der Waals surface area contributed by atoms with Crippen LogP contribution in [0, 0.1) is 6.92 Å². The van der Waals surface area contributed by atoms with E-state index in [2.05, 4.69) is 17.4 Å². The van der Waals surface area contributed by atoms with Crippen molar-refractivity contribution in [1.29, 1.82) is 0 Å². The van der Waals surface area contributed by atoms with Gasteiger partial charge in [-0.3, -0.25) is 4.79 Å². The Bertz CT molecular complexity index is 699. The highest BCUT2D eigenvalue weighted by Crippen LogP contribution is 2.30. The van der Waals surface area contributed by atoms with Crippen molar-refractivity contribution in [2.45, 2.75) is 25.8 Å². The van der Waals surface area contributed by atoms with Crippen LogP contribution in [-0.2, 0) is 11.2 Å². The van der Waals surface area contributed by atoms with E-state index in [1.807, 2.05) is 25.1 Å². The Kier molecular flexibility index (Phi) is 4.34. The molecule has 0 saturated heterocycles. The van der Waals surface area contributed by atoms with Crippen LogP contribution >= 0.6 is 11.6 Å². The van der Waals surface area contributed by atoms with Crippen LogP contribution in [0.25, 0.3) is 0 Å². The van der Waals surface area contributed by atoms with Crippen LogP contribution < -0.4 is 10.1 Å². The highest BCUT2D eigenvalue weighted by atomic mass is 35.5. The van der Waals surface area contributed by atoms with E-state index in [0.717, 1.165) is 18.4 Å². The molecule has 0 heterocycles. The number of ether oxygens (including phenoxy) is 1. The van der Waals surface area contributed by atoms with Crippen molar-refractivity contribution in [2.75, 3.05) is 6.61 Å². The molecule has 0 aromatic heterocycles. The van der Waals surface area contributed by atoms with E-state index >= 15 is 0 Å². The summed E-state index contributed by atoms with van der Waals surface area (Å²) in [5.41, 5.74) is 3.48. The molecule has 0 unspecified atom stereocenters. The number of halogens is 1. The van der Waals surface area contributed by atoms with Gasteiger partial charge in [-0.05, 0) is 54.7 Å². The zero-order valence-electron chi connectivity index (χ0n) is 12.4. The molecule has 1 N–H and O–H groups in total. The molecule has 3 rings (SSSR count). The molecule has 2 aromatic rings. The van der Waals surface area contributed by atoms with Gasteiger partial charge in [0.05, 0.1) is 6.04 Å². The van der Waals surface area contributed by atoms with E-state index in [1.165, 1.54) is 11.1 Å². The molecule has 114 valence electrons. The molecular formula is C18H18ClNO2. The van der Waals surface area contributed by atoms with E-state index in [4.69, 9.17) is 16.3 Å². The largest absolute Gasteiger partial charge is 0.484 e. The minimum Gasteiger partial charge on any atom is -0.484 e. The van der Waals surface area contributed by atoms with Crippen LogP contribution in [-0.4, -0.2) is 12.5 Å². The van der Waals surface area contributed by atoms with Crippen molar-refractivity contribution in [2.24, 2.45) is 0 Å². The molecule has 0 fully saturated rings. The summed E-state index contributed by atoms with van der Waals surface area (Å²) in [5.74, 6) is 0.554. The molecule has 1 aliphatic rings. The average Bonchev–Trinajstić information content (AvgIpc) is 2.92. The zero-order chi connectivity index (χ0) is 15.5. The smallest absolute Gasteiger partial charge is 0.258 e. The van der Waals surface area contributed by atoms with Crippen LogP contribution in [0.1, 0.15) is 29.2 Å². The minimum atomic E-state index is -0.102. The summed E-state index contributed by atoms with van der Waals surface area (Å²) in [6, 6.07) is 13.7. The van der Waals surface area contributed by atoms with Crippen molar-refractivity contribution in [1.82, 2.24) is 5.32 Å². The number of carbonyl (C=O) groups is 1. The van der Waals surface area contributed by atoms with Gasteiger partial charge in [0.15, 0.2) is 6.61 Å². The van der Waals surface area contributed by atoms with Gasteiger partial charge in [0.1, 0.15) is 5.75 Å². The Morgan fingerprint density at radius 1 is 1.32 bits per heavy atom. The molecule has 0 radical (unpaired) electrons. The maximum Gasteiger partial charge on any atom is 0.258 e. The van der Waals surface area contributed by atoms with Crippen LogP contribution in [0.2, 0.25) is 5.02 Å². The van der Waals surface area contributed by atoms with Gasteiger partial charge in [0.2, 0.25) is 0 Å². The lowest BCUT2D eigenvalue weighted by molar-refractivity contribution is -0.123. The first kappa shape index (κ1) is 14.9. The Morgan fingerprint density at radius 3 is 2.95 bits per heavy atom. The third-order valence-electron chi connectivity index (χ3n) is 3.97. The molecule has 22 heavy (non-hydrogen) atoms. The van der Waals surface area contributed by atoms with Crippen LogP contribution in [0.3, 0.4) is 0 Å². The van der Waals surface area contributed by atoms with Gasteiger partial charge in [-0.2, -0.15) is 0 Å². The third-order valence-corrected chi connectivity index (χ3v) is 4.39. The average molecular weight is 316 g/mol. The summed E-state index contributed by atoms with van der Waals surface area (Å²) in [6.45, 7) is 1.92. The Hall–Kier alpha value is -2.00. The number of nitrogens with one attached hydrogen (secondary N) is 1. The molecule has 4 heteroatoms. The SMILES string of the molecule is Cc1cc(OCC(=O)N[C@H]2CCc3ccccc32)ccc1Cl. The van der Waals surface area contributed by atoms with E-state index in [9.17, 15) is 4.79 Å². The summed E-state index contributed by atoms with van der Waals surface area (Å²) >= 11 is 5.97. The predicted octanol–water partition coefficient (Wildman–Crippen LogP) is 3.83. The van der Waals surface area contributed by atoms with Crippen LogP contribution in [0.5, 0.6) is 5.75 Å². The van der Waals surface area contributed by atoms with Gasteiger partial charge in [-0.15, -0.1) is 0 Å². The number of aryl methyl sites for hydroxylation is 2.